The van der Waals surface area contributed by atoms with E-state index in [1.54, 1.807) is 0 Å². The largest absolute Gasteiger partial charge is 0.481 e. The Labute approximate surface area is 184 Å². The first-order chi connectivity index (χ1) is 11.5. The molecule has 0 bridgehead atoms. The van der Waals surface area contributed by atoms with Gasteiger partial charge in [0.2, 0.25) is 11.8 Å². The van der Waals surface area contributed by atoms with Gasteiger partial charge in [-0.25, -0.2) is 4.79 Å². The summed E-state index contributed by atoms with van der Waals surface area (Å²) in [4.78, 5) is 47.3. The number of nitrogens with one attached hydrogen (secondary N) is 1. The van der Waals surface area contributed by atoms with E-state index in [0.717, 1.165) is 0 Å². The number of aromatic carboxylic acids is 1. The number of rotatable bonds is 6. The van der Waals surface area contributed by atoms with Crippen LogP contribution in [0.25, 0.3) is 0 Å². The highest BCUT2D eigenvalue weighted by Crippen LogP contribution is 2.40. The third kappa shape index (κ3) is 5.38. The molecule has 0 atom stereocenters. The van der Waals surface area contributed by atoms with Gasteiger partial charge in [0.15, 0.2) is 0 Å². The number of carboxylic acids is 2. The lowest BCUT2D eigenvalue weighted by atomic mass is 10.1. The molecule has 0 aromatic heterocycles. The van der Waals surface area contributed by atoms with Crippen molar-refractivity contribution in [3.05, 3.63) is 16.3 Å². The summed E-state index contributed by atoms with van der Waals surface area (Å²) in [6.07, 6.45) is -0.580. The maximum absolute atomic E-state index is 12.0. The maximum Gasteiger partial charge on any atom is 0.338 e. The summed E-state index contributed by atoms with van der Waals surface area (Å²) in [5.74, 6) is -3.14. The number of benzene rings is 1. The SMILES string of the molecule is CC(=O)N(C)c1c(I)c(NC(=O)CCC(=O)O)c(I)c(C(=O)O)c1I. The van der Waals surface area contributed by atoms with Crippen LogP contribution in [0.3, 0.4) is 0 Å². The van der Waals surface area contributed by atoms with Crippen molar-refractivity contribution in [2.24, 2.45) is 0 Å². The van der Waals surface area contributed by atoms with Gasteiger partial charge in [0, 0.05) is 20.4 Å². The van der Waals surface area contributed by atoms with Gasteiger partial charge in [-0.1, -0.05) is 0 Å². The number of hydrogen-bond acceptors (Lipinski definition) is 4. The Morgan fingerprint density at radius 3 is 2.00 bits per heavy atom. The molecule has 1 aromatic carbocycles. The summed E-state index contributed by atoms with van der Waals surface area (Å²) in [5.41, 5.74) is 0.593. The lowest BCUT2D eigenvalue weighted by molar-refractivity contribution is -0.138. The normalized spacial score (nSPS) is 10.3. The summed E-state index contributed by atoms with van der Waals surface area (Å²) in [6, 6.07) is 0. The molecule has 0 saturated carbocycles. The van der Waals surface area contributed by atoms with E-state index < -0.39 is 17.8 Å². The van der Waals surface area contributed by atoms with E-state index in [1.165, 1.54) is 18.9 Å². The molecular formula is C14H13I3N2O6. The molecule has 0 aliphatic carbocycles. The molecule has 0 aliphatic heterocycles. The Morgan fingerprint density at radius 1 is 1.00 bits per heavy atom. The summed E-state index contributed by atoms with van der Waals surface area (Å²) >= 11 is 5.60. The van der Waals surface area contributed by atoms with Gasteiger partial charge >= 0.3 is 11.9 Å². The molecule has 0 saturated heterocycles. The average molecular weight is 686 g/mol. The summed E-state index contributed by atoms with van der Waals surface area (Å²) in [7, 11) is 1.51. The lowest BCUT2D eigenvalue weighted by Crippen LogP contribution is -2.27. The molecule has 0 heterocycles. The fourth-order valence-corrected chi connectivity index (χ4v) is 6.44. The molecule has 11 heteroatoms. The number of hydrogen-bond donors (Lipinski definition) is 3. The third-order valence-corrected chi connectivity index (χ3v) is 6.33. The molecular weight excluding hydrogens is 673 g/mol. The zero-order valence-electron chi connectivity index (χ0n) is 13.0. The highest BCUT2D eigenvalue weighted by Gasteiger charge is 2.28. The molecule has 1 aromatic rings. The molecule has 25 heavy (non-hydrogen) atoms. The van der Waals surface area contributed by atoms with Crippen molar-refractivity contribution in [1.82, 2.24) is 0 Å². The van der Waals surface area contributed by atoms with Crippen molar-refractivity contribution < 1.29 is 29.4 Å². The van der Waals surface area contributed by atoms with Gasteiger partial charge in [0.1, 0.15) is 0 Å². The van der Waals surface area contributed by atoms with E-state index in [1.807, 2.05) is 67.8 Å². The van der Waals surface area contributed by atoms with Crippen LogP contribution >= 0.6 is 67.8 Å². The minimum absolute atomic E-state index is 0.0294. The number of nitrogens with zero attached hydrogens (tertiary/aromatic N) is 1. The maximum atomic E-state index is 12.0. The molecule has 0 spiro atoms. The van der Waals surface area contributed by atoms with Crippen molar-refractivity contribution >= 4 is 103 Å². The van der Waals surface area contributed by atoms with Crippen LogP contribution < -0.4 is 10.2 Å². The monoisotopic (exact) mass is 686 g/mol. The van der Waals surface area contributed by atoms with Gasteiger partial charge in [-0.2, -0.15) is 0 Å². The van der Waals surface area contributed by atoms with Crippen molar-refractivity contribution in [2.75, 3.05) is 17.3 Å². The topological polar surface area (TPSA) is 124 Å². The second-order valence-electron chi connectivity index (χ2n) is 4.87. The van der Waals surface area contributed by atoms with Crippen LogP contribution in [0, 0.1) is 10.7 Å². The molecule has 1 rings (SSSR count). The van der Waals surface area contributed by atoms with E-state index in [-0.39, 0.29) is 30.0 Å². The number of carbonyl (C=O) groups is 4. The Balaban J connectivity index is 3.51. The molecule has 136 valence electrons. The number of anilines is 2. The minimum atomic E-state index is -1.19. The van der Waals surface area contributed by atoms with E-state index in [2.05, 4.69) is 5.32 Å². The molecule has 0 radical (unpaired) electrons. The van der Waals surface area contributed by atoms with Crippen LogP contribution in [0.5, 0.6) is 0 Å². The van der Waals surface area contributed by atoms with Crippen molar-refractivity contribution in [3.8, 4) is 0 Å². The Bertz CT molecular complexity index is 766. The number of carboxylic acid groups (broad SMARTS) is 2. The summed E-state index contributed by atoms with van der Waals surface area (Å²) in [6.45, 7) is 1.34. The van der Waals surface area contributed by atoms with Crippen LogP contribution in [0.1, 0.15) is 30.1 Å². The summed E-state index contributed by atoms with van der Waals surface area (Å²) in [5, 5.41) is 20.7. The zero-order valence-corrected chi connectivity index (χ0v) is 19.5. The first kappa shape index (κ1) is 22.3. The van der Waals surface area contributed by atoms with E-state index in [4.69, 9.17) is 5.11 Å². The Hall–Kier alpha value is -0.710. The Kier molecular flexibility index (Phi) is 8.30. The van der Waals surface area contributed by atoms with Crippen LogP contribution in [0.15, 0.2) is 0 Å². The average Bonchev–Trinajstić information content (AvgIpc) is 2.48. The van der Waals surface area contributed by atoms with Crippen LogP contribution in [0.2, 0.25) is 0 Å². The fourth-order valence-electron chi connectivity index (χ4n) is 1.82. The van der Waals surface area contributed by atoms with Crippen LogP contribution in [-0.2, 0) is 14.4 Å². The molecule has 0 aliphatic rings. The highest BCUT2D eigenvalue weighted by molar-refractivity contribution is 14.1. The van der Waals surface area contributed by atoms with Gasteiger partial charge in [0.25, 0.3) is 0 Å². The highest BCUT2D eigenvalue weighted by atomic mass is 127. The standard InChI is InChI=1S/C14H13I3N2O6/c1-5(20)19(2)13-10(16)8(14(24)25)9(15)12(11(13)17)18-6(21)3-4-7(22)23/h3-4H2,1-2H3,(H,18,21)(H,22,23)(H,24,25). The molecule has 0 unspecified atom stereocenters. The number of amides is 2. The third-order valence-electron chi connectivity index (χ3n) is 3.15. The first-order valence-electron chi connectivity index (χ1n) is 6.68. The van der Waals surface area contributed by atoms with Crippen LogP contribution in [-0.4, -0.2) is 41.0 Å². The number of aliphatic carboxylic acids is 1. The second kappa shape index (κ2) is 9.29. The smallest absolute Gasteiger partial charge is 0.338 e. The van der Waals surface area contributed by atoms with Crippen molar-refractivity contribution in [3.63, 3.8) is 0 Å². The Morgan fingerprint density at radius 2 is 1.56 bits per heavy atom. The molecule has 8 nitrogen and oxygen atoms in total. The van der Waals surface area contributed by atoms with Gasteiger partial charge in [-0.3, -0.25) is 14.4 Å². The summed E-state index contributed by atoms with van der Waals surface area (Å²) < 4.78 is 1.18. The van der Waals surface area contributed by atoms with Gasteiger partial charge in [-0.15, -0.1) is 0 Å². The van der Waals surface area contributed by atoms with Gasteiger partial charge in [0.05, 0.1) is 34.1 Å². The van der Waals surface area contributed by atoms with Gasteiger partial charge < -0.3 is 20.4 Å². The fraction of sp³-hybridized carbons (Fsp3) is 0.286. The molecule has 3 N–H and O–H groups in total. The van der Waals surface area contributed by atoms with E-state index >= 15 is 0 Å². The predicted molar refractivity (Wildman–Crippen MR) is 116 cm³/mol. The van der Waals surface area contributed by atoms with Gasteiger partial charge in [-0.05, 0) is 67.8 Å². The second-order valence-corrected chi connectivity index (χ2v) is 8.10. The predicted octanol–water partition coefficient (Wildman–Crippen LogP) is 2.98. The van der Waals surface area contributed by atoms with E-state index in [9.17, 15) is 24.3 Å². The van der Waals surface area contributed by atoms with Crippen molar-refractivity contribution in [1.29, 1.82) is 0 Å². The number of halogens is 3. The molecule has 0 fully saturated rings. The molecule has 2 amide bonds. The number of carbonyl (C=O) groups excluding carboxylic acids is 2. The minimum Gasteiger partial charge on any atom is -0.481 e. The van der Waals surface area contributed by atoms with E-state index in [0.29, 0.717) is 16.4 Å². The van der Waals surface area contributed by atoms with Crippen molar-refractivity contribution in [2.45, 2.75) is 19.8 Å². The van der Waals surface area contributed by atoms with Crippen LogP contribution in [0.4, 0.5) is 11.4 Å². The zero-order chi connectivity index (χ0) is 19.5. The first-order valence-corrected chi connectivity index (χ1v) is 9.92. The quantitative estimate of drug-likeness (QED) is 0.396. The lowest BCUT2D eigenvalue weighted by Gasteiger charge is -2.23.